The van der Waals surface area contributed by atoms with Gasteiger partial charge in [-0.1, -0.05) is 6.92 Å². The highest BCUT2D eigenvalue weighted by atomic mass is 127. The number of hydrogen-bond acceptors (Lipinski definition) is 4. The lowest BCUT2D eigenvalue weighted by atomic mass is 10.4. The molecule has 0 amide bonds. The van der Waals surface area contributed by atoms with Gasteiger partial charge in [-0.25, -0.2) is 9.37 Å². The van der Waals surface area contributed by atoms with Crippen LogP contribution in [0.4, 0.5) is 4.39 Å². The number of nitrogens with zero attached hydrogens (tertiary/aromatic N) is 2. The average molecular weight is 508 g/mol. The van der Waals surface area contributed by atoms with Gasteiger partial charge in [-0.15, -0.1) is 47.1 Å². The van der Waals surface area contributed by atoms with Crippen LogP contribution in [0.25, 0.3) is 0 Å². The van der Waals surface area contributed by atoms with E-state index in [1.54, 1.807) is 30.1 Å². The van der Waals surface area contributed by atoms with Crippen LogP contribution in [0.1, 0.15) is 23.2 Å². The molecule has 1 aromatic carbocycles. The van der Waals surface area contributed by atoms with Gasteiger partial charge >= 0.3 is 0 Å². The predicted molar refractivity (Wildman–Crippen MR) is 122 cm³/mol. The van der Waals surface area contributed by atoms with E-state index < -0.39 is 0 Å². The molecule has 0 unspecified atom stereocenters. The maximum atomic E-state index is 12.8. The van der Waals surface area contributed by atoms with Crippen LogP contribution in [0.15, 0.2) is 40.4 Å². The second-order valence-electron chi connectivity index (χ2n) is 5.41. The summed E-state index contributed by atoms with van der Waals surface area (Å²) in [5.74, 6) is 1.61. The van der Waals surface area contributed by atoms with Crippen LogP contribution in [0.5, 0.6) is 0 Å². The van der Waals surface area contributed by atoms with Crippen molar-refractivity contribution in [2.24, 2.45) is 4.99 Å². The van der Waals surface area contributed by atoms with Gasteiger partial charge in [0.25, 0.3) is 0 Å². The van der Waals surface area contributed by atoms with Crippen LogP contribution < -0.4 is 10.6 Å². The van der Waals surface area contributed by atoms with Gasteiger partial charge in [0.05, 0.1) is 5.01 Å². The highest BCUT2D eigenvalue weighted by Gasteiger charge is 2.02. The summed E-state index contributed by atoms with van der Waals surface area (Å²) >= 11 is 3.51. The van der Waals surface area contributed by atoms with E-state index in [4.69, 9.17) is 0 Å². The van der Waals surface area contributed by atoms with E-state index in [1.165, 1.54) is 17.0 Å². The van der Waals surface area contributed by atoms with Crippen molar-refractivity contribution in [3.63, 3.8) is 0 Å². The largest absolute Gasteiger partial charge is 0.356 e. The molecule has 0 atom stereocenters. The van der Waals surface area contributed by atoms with Crippen molar-refractivity contribution in [2.45, 2.75) is 31.1 Å². The molecule has 0 aliphatic heterocycles. The lowest BCUT2D eigenvalue weighted by Gasteiger charge is -2.11. The molecule has 0 aliphatic rings. The van der Waals surface area contributed by atoms with Gasteiger partial charge in [-0.3, -0.25) is 4.99 Å². The summed E-state index contributed by atoms with van der Waals surface area (Å²) in [6.45, 7) is 3.82. The number of thioether (sulfide) groups is 1. The quantitative estimate of drug-likeness (QED) is 0.174. The number of nitrogens with one attached hydrogen (secondary N) is 2. The van der Waals surface area contributed by atoms with Crippen molar-refractivity contribution in [1.29, 1.82) is 0 Å². The highest BCUT2D eigenvalue weighted by molar-refractivity contribution is 14.0. The molecule has 144 valence electrons. The third-order valence-corrected chi connectivity index (χ3v) is 5.80. The average Bonchev–Trinajstić information content (AvgIpc) is 3.09. The van der Waals surface area contributed by atoms with E-state index in [-0.39, 0.29) is 29.8 Å². The third kappa shape index (κ3) is 8.68. The standard InChI is InChI=1S/C18H25FN4S2.HI/c1-3-15-13-23-17(25-15)9-11-22-18(20-2)21-10-4-12-24-16-7-5-14(19)6-8-16;/h5-8,13H,3-4,9-12H2,1-2H3,(H2,20,21,22);1H. The van der Waals surface area contributed by atoms with Gasteiger partial charge in [0, 0.05) is 42.5 Å². The molecule has 0 saturated carbocycles. The van der Waals surface area contributed by atoms with E-state index in [0.29, 0.717) is 0 Å². The molecule has 2 N–H and O–H groups in total. The second-order valence-corrected chi connectivity index (χ2v) is 7.77. The Morgan fingerprint density at radius 2 is 1.96 bits per heavy atom. The minimum atomic E-state index is -0.190. The summed E-state index contributed by atoms with van der Waals surface area (Å²) < 4.78 is 12.8. The Balaban J connectivity index is 0.00000338. The molecule has 0 radical (unpaired) electrons. The molecule has 0 spiro atoms. The summed E-state index contributed by atoms with van der Waals surface area (Å²) in [7, 11) is 1.78. The van der Waals surface area contributed by atoms with Crippen molar-refractivity contribution in [2.75, 3.05) is 25.9 Å². The Labute approximate surface area is 180 Å². The van der Waals surface area contributed by atoms with Crippen LogP contribution in [-0.4, -0.2) is 36.8 Å². The summed E-state index contributed by atoms with van der Waals surface area (Å²) in [4.78, 5) is 11.1. The second kappa shape index (κ2) is 13.3. The van der Waals surface area contributed by atoms with Crippen LogP contribution in [0, 0.1) is 5.82 Å². The number of rotatable bonds is 9. The van der Waals surface area contributed by atoms with Crippen LogP contribution in [0.3, 0.4) is 0 Å². The Morgan fingerprint density at radius 3 is 2.62 bits per heavy atom. The summed E-state index contributed by atoms with van der Waals surface area (Å²) in [5, 5.41) is 7.80. The minimum absolute atomic E-state index is 0. The number of hydrogen-bond donors (Lipinski definition) is 2. The smallest absolute Gasteiger partial charge is 0.190 e. The van der Waals surface area contributed by atoms with E-state index in [0.717, 1.165) is 54.0 Å². The molecule has 0 aliphatic carbocycles. The lowest BCUT2D eigenvalue weighted by Crippen LogP contribution is -2.38. The Hall–Kier alpha value is -0.870. The van der Waals surface area contributed by atoms with Crippen LogP contribution in [0.2, 0.25) is 0 Å². The number of aliphatic imine (C=N–C) groups is 1. The van der Waals surface area contributed by atoms with Gasteiger partial charge in [-0.2, -0.15) is 0 Å². The van der Waals surface area contributed by atoms with E-state index >= 15 is 0 Å². The van der Waals surface area contributed by atoms with E-state index in [1.807, 2.05) is 18.3 Å². The molecular formula is C18H26FIN4S2. The number of halogens is 2. The monoisotopic (exact) mass is 508 g/mol. The van der Waals surface area contributed by atoms with Gasteiger partial charge in [-0.05, 0) is 42.9 Å². The normalized spacial score (nSPS) is 11.1. The maximum Gasteiger partial charge on any atom is 0.190 e. The lowest BCUT2D eigenvalue weighted by molar-refractivity contribution is 0.626. The first-order valence-corrected chi connectivity index (χ1v) is 10.3. The Kier molecular flexibility index (Phi) is 11.9. The molecule has 2 aromatic rings. The van der Waals surface area contributed by atoms with E-state index in [9.17, 15) is 4.39 Å². The number of aryl methyl sites for hydroxylation is 1. The Bertz CT molecular complexity index is 661. The SMILES string of the molecule is CCc1cnc(CCNC(=NC)NCCCSc2ccc(F)cc2)s1.I. The Morgan fingerprint density at radius 1 is 1.23 bits per heavy atom. The first-order chi connectivity index (χ1) is 12.2. The zero-order valence-corrected chi connectivity index (χ0v) is 19.1. The van der Waals surface area contributed by atoms with Gasteiger partial charge in [0.15, 0.2) is 5.96 Å². The van der Waals surface area contributed by atoms with E-state index in [2.05, 4.69) is 27.5 Å². The predicted octanol–water partition coefficient (Wildman–Crippen LogP) is 4.35. The fraction of sp³-hybridized carbons (Fsp3) is 0.444. The van der Waals surface area contributed by atoms with Crippen molar-refractivity contribution < 1.29 is 4.39 Å². The zero-order valence-electron chi connectivity index (χ0n) is 15.1. The fourth-order valence-electron chi connectivity index (χ4n) is 2.14. The van der Waals surface area contributed by atoms with Gasteiger partial charge in [0.2, 0.25) is 0 Å². The summed E-state index contributed by atoms with van der Waals surface area (Å²) in [6.07, 6.45) is 4.93. The van der Waals surface area contributed by atoms with Crippen LogP contribution >= 0.6 is 47.1 Å². The van der Waals surface area contributed by atoms with Crippen molar-refractivity contribution in [1.82, 2.24) is 15.6 Å². The molecule has 2 rings (SSSR count). The number of thiazole rings is 1. The highest BCUT2D eigenvalue weighted by Crippen LogP contribution is 2.18. The topological polar surface area (TPSA) is 49.3 Å². The first-order valence-electron chi connectivity index (χ1n) is 8.47. The fourth-order valence-corrected chi connectivity index (χ4v) is 3.85. The molecule has 26 heavy (non-hydrogen) atoms. The molecule has 1 aromatic heterocycles. The van der Waals surface area contributed by atoms with Crippen molar-refractivity contribution >= 4 is 53.0 Å². The van der Waals surface area contributed by atoms with Gasteiger partial charge in [0.1, 0.15) is 5.82 Å². The van der Waals surface area contributed by atoms with Gasteiger partial charge < -0.3 is 10.6 Å². The molecule has 4 nitrogen and oxygen atoms in total. The van der Waals surface area contributed by atoms with Crippen LogP contribution in [-0.2, 0) is 12.8 Å². The molecule has 0 bridgehead atoms. The molecule has 1 heterocycles. The minimum Gasteiger partial charge on any atom is -0.356 e. The molecule has 0 saturated heterocycles. The summed E-state index contributed by atoms with van der Waals surface area (Å²) in [6, 6.07) is 6.63. The zero-order chi connectivity index (χ0) is 17.9. The number of aromatic nitrogens is 1. The van der Waals surface area contributed by atoms with Crippen molar-refractivity contribution in [3.8, 4) is 0 Å². The van der Waals surface area contributed by atoms with Crippen molar-refractivity contribution in [3.05, 3.63) is 46.2 Å². The summed E-state index contributed by atoms with van der Waals surface area (Å²) in [5.41, 5.74) is 0. The first kappa shape index (κ1) is 23.2. The number of benzene rings is 1. The maximum absolute atomic E-state index is 12.8. The molecule has 8 heteroatoms. The molecular weight excluding hydrogens is 482 g/mol. The number of guanidine groups is 1. The molecule has 0 fully saturated rings. The third-order valence-electron chi connectivity index (χ3n) is 3.50.